The van der Waals surface area contributed by atoms with Gasteiger partial charge in [0.05, 0.1) is 11.9 Å². The summed E-state index contributed by atoms with van der Waals surface area (Å²) >= 11 is 3.06. The number of nitrogens with zero attached hydrogens (tertiary/aromatic N) is 2. The molecule has 0 N–H and O–H groups in total. The number of oxime groups is 1. The van der Waals surface area contributed by atoms with E-state index in [0.29, 0.717) is 17.0 Å². The summed E-state index contributed by atoms with van der Waals surface area (Å²) in [6.07, 6.45) is 3.46. The van der Waals surface area contributed by atoms with Crippen molar-refractivity contribution in [2.45, 2.75) is 6.92 Å². The van der Waals surface area contributed by atoms with Crippen molar-refractivity contribution in [1.29, 1.82) is 0 Å². The summed E-state index contributed by atoms with van der Waals surface area (Å²) in [5.74, 6) is 0. The largest absolute Gasteiger partial charge is 0.409 e. The van der Waals surface area contributed by atoms with Gasteiger partial charge in [0.25, 0.3) is 0 Å². The third kappa shape index (κ3) is 6.17. The van der Waals surface area contributed by atoms with Crippen LogP contribution in [0, 0.1) is 0 Å². The van der Waals surface area contributed by atoms with Crippen molar-refractivity contribution < 1.29 is 18.7 Å². The van der Waals surface area contributed by atoms with Crippen LogP contribution in [0.1, 0.15) is 6.92 Å². The zero-order valence-electron chi connectivity index (χ0n) is 10.2. The fourth-order valence-electron chi connectivity index (χ4n) is 0.618. The molecule has 1 atom stereocenters. The Morgan fingerprint density at radius 3 is 2.41 bits per heavy atom. The Bertz CT molecular complexity index is 331. The standard InChI is InChI=1S/C7H15N2O4PS3/c1-6(15-4)8-13-7(10)17-9(2)14(11,12-3)16-5/h1-5H3/b8-6+. The van der Waals surface area contributed by atoms with Crippen molar-refractivity contribution >= 4 is 52.2 Å². The Balaban J connectivity index is 4.35. The Morgan fingerprint density at radius 1 is 1.41 bits per heavy atom. The van der Waals surface area contributed by atoms with Crippen molar-refractivity contribution in [1.82, 2.24) is 4.08 Å². The molecule has 10 heteroatoms. The van der Waals surface area contributed by atoms with Gasteiger partial charge in [-0.25, -0.2) is 4.79 Å². The predicted octanol–water partition coefficient (Wildman–Crippen LogP) is 3.52. The lowest BCUT2D eigenvalue weighted by molar-refractivity contribution is 0.180. The first kappa shape index (κ1) is 17.3. The molecule has 0 aromatic rings. The summed E-state index contributed by atoms with van der Waals surface area (Å²) in [4.78, 5) is 16.0. The van der Waals surface area contributed by atoms with Crippen LogP contribution in [0.15, 0.2) is 5.16 Å². The van der Waals surface area contributed by atoms with E-state index in [-0.39, 0.29) is 0 Å². The molecule has 0 amide bonds. The SMILES string of the molecule is COP(=O)(SC)N(C)SC(=O)O/N=C(\C)SC. The van der Waals surface area contributed by atoms with E-state index in [9.17, 15) is 9.36 Å². The van der Waals surface area contributed by atoms with Gasteiger partial charge >= 0.3 is 12.0 Å². The molecule has 0 bridgehead atoms. The second-order valence-corrected chi connectivity index (χ2v) is 9.63. The molecule has 0 saturated carbocycles. The molecule has 0 aliphatic heterocycles. The second kappa shape index (κ2) is 8.44. The van der Waals surface area contributed by atoms with Gasteiger partial charge in [-0.2, -0.15) is 4.08 Å². The van der Waals surface area contributed by atoms with Gasteiger partial charge in [0, 0.05) is 14.2 Å². The molecule has 0 aromatic heterocycles. The Morgan fingerprint density at radius 2 is 2.00 bits per heavy atom. The average molecular weight is 318 g/mol. The minimum atomic E-state index is -3.02. The number of hydrogen-bond acceptors (Lipinski definition) is 8. The summed E-state index contributed by atoms with van der Waals surface area (Å²) in [5.41, 5.74) is 0. The molecule has 0 fully saturated rings. The minimum absolute atomic E-state index is 0.626. The number of rotatable bonds is 5. The quantitative estimate of drug-likeness (QED) is 0.190. The first-order valence-electron chi connectivity index (χ1n) is 4.32. The van der Waals surface area contributed by atoms with Gasteiger partial charge in [-0.05, 0) is 19.4 Å². The van der Waals surface area contributed by atoms with Crippen molar-refractivity contribution in [2.24, 2.45) is 5.16 Å². The molecule has 100 valence electrons. The zero-order valence-corrected chi connectivity index (χ0v) is 13.5. The first-order valence-corrected chi connectivity index (χ1v) is 9.73. The van der Waals surface area contributed by atoms with Gasteiger partial charge < -0.3 is 9.36 Å². The maximum Gasteiger partial charge on any atom is 0.409 e. The monoisotopic (exact) mass is 318 g/mol. The van der Waals surface area contributed by atoms with Gasteiger partial charge in [-0.15, -0.1) is 11.8 Å². The molecule has 0 aliphatic carbocycles. The van der Waals surface area contributed by atoms with Crippen molar-refractivity contribution in [3.8, 4) is 0 Å². The highest BCUT2D eigenvalue weighted by Gasteiger charge is 2.30. The maximum absolute atomic E-state index is 12.0. The third-order valence-corrected chi connectivity index (χ3v) is 8.09. The van der Waals surface area contributed by atoms with Crippen LogP contribution >= 0.6 is 41.8 Å². The van der Waals surface area contributed by atoms with Gasteiger partial charge in [-0.3, -0.25) is 4.57 Å². The lowest BCUT2D eigenvalue weighted by Crippen LogP contribution is -2.09. The van der Waals surface area contributed by atoms with Gasteiger partial charge in [0.15, 0.2) is 0 Å². The van der Waals surface area contributed by atoms with E-state index in [2.05, 4.69) is 9.99 Å². The Labute approximate surface area is 114 Å². The summed E-state index contributed by atoms with van der Waals surface area (Å²) < 4.78 is 18.1. The number of carbonyl (C=O) groups excluding carboxylic acids is 1. The molecular weight excluding hydrogens is 303 g/mol. The van der Waals surface area contributed by atoms with Crippen LogP contribution in [-0.2, 0) is 13.9 Å². The molecule has 0 radical (unpaired) electrons. The highest BCUT2D eigenvalue weighted by Crippen LogP contribution is 2.62. The van der Waals surface area contributed by atoms with Gasteiger partial charge in [0.2, 0.25) is 0 Å². The molecule has 6 nitrogen and oxygen atoms in total. The number of thioether (sulfide) groups is 1. The van der Waals surface area contributed by atoms with E-state index in [1.807, 2.05) is 6.26 Å². The van der Waals surface area contributed by atoms with E-state index in [1.54, 1.807) is 13.2 Å². The zero-order chi connectivity index (χ0) is 13.5. The molecule has 0 aromatic carbocycles. The molecule has 0 spiro atoms. The molecule has 0 aliphatic rings. The molecule has 0 heterocycles. The van der Waals surface area contributed by atoms with Gasteiger partial charge in [0.1, 0.15) is 5.04 Å². The minimum Gasteiger partial charge on any atom is -0.313 e. The van der Waals surface area contributed by atoms with Crippen LogP contribution in [0.4, 0.5) is 4.79 Å². The van der Waals surface area contributed by atoms with Crippen LogP contribution in [0.3, 0.4) is 0 Å². The van der Waals surface area contributed by atoms with Crippen molar-refractivity contribution in [3.63, 3.8) is 0 Å². The van der Waals surface area contributed by atoms with Crippen LogP contribution in [0.25, 0.3) is 0 Å². The maximum atomic E-state index is 12.0. The van der Waals surface area contributed by atoms with E-state index < -0.39 is 12.0 Å². The van der Waals surface area contributed by atoms with Crippen molar-refractivity contribution in [3.05, 3.63) is 0 Å². The smallest absolute Gasteiger partial charge is 0.313 e. The Kier molecular flexibility index (Phi) is 8.61. The summed E-state index contributed by atoms with van der Waals surface area (Å²) in [6, 6.07) is 0. The number of carbonyl (C=O) groups is 1. The average Bonchev–Trinajstić information content (AvgIpc) is 2.34. The summed E-state index contributed by atoms with van der Waals surface area (Å²) in [5, 5.41) is 3.54. The van der Waals surface area contributed by atoms with E-state index in [4.69, 9.17) is 4.52 Å². The molecule has 0 rings (SSSR count). The van der Waals surface area contributed by atoms with E-state index >= 15 is 0 Å². The highest BCUT2D eigenvalue weighted by atomic mass is 32.7. The molecule has 0 saturated heterocycles. The number of hydrogen-bond donors (Lipinski definition) is 0. The molecule has 17 heavy (non-hydrogen) atoms. The summed E-state index contributed by atoms with van der Waals surface area (Å²) in [6.45, 7) is -1.31. The van der Waals surface area contributed by atoms with Gasteiger partial charge in [-0.1, -0.05) is 16.5 Å². The van der Waals surface area contributed by atoms with Crippen LogP contribution in [-0.4, -0.2) is 41.1 Å². The fourth-order valence-corrected chi connectivity index (χ4v) is 4.46. The third-order valence-electron chi connectivity index (χ3n) is 1.56. The van der Waals surface area contributed by atoms with E-state index in [1.165, 1.54) is 30.0 Å². The topological polar surface area (TPSA) is 68.2 Å². The summed E-state index contributed by atoms with van der Waals surface area (Å²) in [7, 11) is 2.83. The molecular formula is C7H15N2O4PS3. The lowest BCUT2D eigenvalue weighted by atomic mass is 10.9. The second-order valence-electron chi connectivity index (χ2n) is 2.54. The van der Waals surface area contributed by atoms with Crippen LogP contribution in [0.2, 0.25) is 0 Å². The lowest BCUT2D eigenvalue weighted by Gasteiger charge is -2.21. The fraction of sp³-hybridized carbons (Fsp3) is 0.714. The van der Waals surface area contributed by atoms with Crippen molar-refractivity contribution in [2.75, 3.05) is 26.7 Å². The highest BCUT2D eigenvalue weighted by molar-refractivity contribution is 8.57. The Hall–Kier alpha value is 0.340. The predicted molar refractivity (Wildman–Crippen MR) is 76.6 cm³/mol. The first-order chi connectivity index (χ1) is 7.89. The normalized spacial score (nSPS) is 15.8. The van der Waals surface area contributed by atoms with E-state index in [0.717, 1.165) is 11.4 Å². The van der Waals surface area contributed by atoms with Crippen LogP contribution in [0.5, 0.6) is 0 Å². The molecule has 1 unspecified atom stereocenters. The van der Waals surface area contributed by atoms with Crippen LogP contribution < -0.4 is 0 Å².